The molecule has 0 radical (unpaired) electrons. The van der Waals surface area contributed by atoms with Crippen LogP contribution in [0, 0.1) is 2.88 Å². The number of carbonyl (C=O) groups excluding carboxylic acids is 5. The van der Waals surface area contributed by atoms with Crippen LogP contribution in [0.3, 0.4) is 0 Å². The maximum absolute atomic E-state index is 13.5. The summed E-state index contributed by atoms with van der Waals surface area (Å²) in [6.45, 7) is 7.62. The summed E-state index contributed by atoms with van der Waals surface area (Å²) in [7, 11) is 3.98. The van der Waals surface area contributed by atoms with Crippen LogP contribution in [0.1, 0.15) is 208 Å². The summed E-state index contributed by atoms with van der Waals surface area (Å²) in [4.78, 5) is 69.2. The van der Waals surface area contributed by atoms with Crippen LogP contribution in [0.15, 0.2) is 0 Å². The number of thiophene rings is 1. The van der Waals surface area contributed by atoms with Crippen molar-refractivity contribution in [1.29, 1.82) is 0 Å². The second-order valence-electron chi connectivity index (χ2n) is 16.5. The van der Waals surface area contributed by atoms with Gasteiger partial charge in [-0.1, -0.05) is 84.5 Å². The van der Waals surface area contributed by atoms with E-state index in [4.69, 9.17) is 14.2 Å². The fourth-order valence-electron chi connectivity index (χ4n) is 7.19. The molecule has 1 aliphatic rings. The molecule has 0 N–H and O–H groups in total. The summed E-state index contributed by atoms with van der Waals surface area (Å²) in [5, 5.41) is 0. The number of fused-ring (bicyclic) bond motifs is 1. The third kappa shape index (κ3) is 25.5. The van der Waals surface area contributed by atoms with Crippen LogP contribution in [-0.2, 0) is 46.4 Å². The Morgan fingerprint density at radius 3 is 1.61 bits per heavy atom. The average molecular weight is 960 g/mol. The normalized spacial score (nSPS) is 12.5. The standard InChI is InChI=1S/C47H80IN2O8S/c1-5-7-9-11-13-19-25-35-56-43(53)30-23-17-15-21-28-41(51)48-46-45(47(55)58-37-27-33-49(3)4)39-32-34-50(38-40(39)59-46)42(52)29-22-16-18-24-31-44(54)57-36-26-20-14-12-10-8-6-2/h5-38H2,1-4H3/q-1. The molecule has 59 heavy (non-hydrogen) atoms. The van der Waals surface area contributed by atoms with E-state index >= 15 is 0 Å². The Balaban J connectivity index is 1.75. The number of rotatable bonds is 37. The third-order valence-corrected chi connectivity index (χ3v) is 15.1. The second kappa shape index (κ2) is 34.5. The van der Waals surface area contributed by atoms with E-state index in [9.17, 15) is 24.0 Å². The molecular weight excluding hydrogens is 879 g/mol. The Morgan fingerprint density at radius 2 is 1.07 bits per heavy atom. The molecule has 1 aromatic rings. The van der Waals surface area contributed by atoms with Crippen LogP contribution in [0.2, 0.25) is 0 Å². The molecule has 0 bridgehead atoms. The van der Waals surface area contributed by atoms with Gasteiger partial charge in [0, 0.05) is 0 Å². The Labute approximate surface area is 372 Å². The fraction of sp³-hybridized carbons (Fsp3) is 0.809. The Bertz CT molecular complexity index is 1340. The van der Waals surface area contributed by atoms with E-state index in [0.29, 0.717) is 70.6 Å². The second-order valence-corrected chi connectivity index (χ2v) is 21.1. The van der Waals surface area contributed by atoms with Gasteiger partial charge in [0.2, 0.25) is 0 Å². The monoisotopic (exact) mass is 959 g/mol. The quantitative estimate of drug-likeness (QED) is 0.0217. The van der Waals surface area contributed by atoms with E-state index in [1.807, 2.05) is 19.0 Å². The van der Waals surface area contributed by atoms with Crippen molar-refractivity contribution in [3.05, 3.63) is 18.9 Å². The Kier molecular flexibility index (Phi) is 31.1. The SMILES string of the molecule is CCCCCCCCCOC(=O)CCCCCCC(=O)[I-]c1sc2c(c1C(=O)OCCCN(C)C)CCN(C(=O)CCCCCCC(=O)OCCCCCCCCC)C2. The van der Waals surface area contributed by atoms with Crippen molar-refractivity contribution < 1.29 is 59.4 Å². The first-order chi connectivity index (χ1) is 28.7. The number of halogens is 1. The molecule has 0 saturated heterocycles. The van der Waals surface area contributed by atoms with Crippen LogP contribution >= 0.6 is 11.3 Å². The van der Waals surface area contributed by atoms with Crippen molar-refractivity contribution in [2.45, 2.75) is 200 Å². The molecular formula is C47H80IN2O8S-. The van der Waals surface area contributed by atoms with Gasteiger partial charge in [-0.15, -0.1) is 0 Å². The minimum atomic E-state index is -1.05. The summed E-state index contributed by atoms with van der Waals surface area (Å²) >= 11 is 0.473. The summed E-state index contributed by atoms with van der Waals surface area (Å²) in [6, 6.07) is 0. The van der Waals surface area contributed by atoms with E-state index in [-0.39, 0.29) is 27.6 Å². The van der Waals surface area contributed by atoms with Gasteiger partial charge in [-0.25, -0.2) is 0 Å². The number of carbonyl (C=O) groups is 5. The number of esters is 3. The molecule has 0 atom stereocenters. The number of hydrogen-bond donors (Lipinski definition) is 0. The van der Waals surface area contributed by atoms with E-state index < -0.39 is 21.2 Å². The molecule has 0 fully saturated rings. The van der Waals surface area contributed by atoms with Crippen molar-refractivity contribution in [2.75, 3.05) is 47.0 Å². The molecule has 1 aliphatic heterocycles. The zero-order valence-electron chi connectivity index (χ0n) is 37.5. The molecule has 10 nitrogen and oxygen atoms in total. The van der Waals surface area contributed by atoms with Gasteiger partial charge in [0.1, 0.15) is 0 Å². The number of hydrogen-bond acceptors (Lipinski definition) is 10. The summed E-state index contributed by atoms with van der Waals surface area (Å²) < 4.78 is 17.6. The molecule has 340 valence electrons. The van der Waals surface area contributed by atoms with Crippen molar-refractivity contribution in [3.8, 4) is 0 Å². The molecule has 1 amide bonds. The van der Waals surface area contributed by atoms with Crippen LogP contribution in [-0.4, -0.2) is 84.4 Å². The van der Waals surface area contributed by atoms with Crippen LogP contribution < -0.4 is 21.2 Å². The van der Waals surface area contributed by atoms with Gasteiger partial charge in [0.05, 0.1) is 6.61 Å². The summed E-state index contributed by atoms with van der Waals surface area (Å²) in [5.74, 6) is -0.475. The van der Waals surface area contributed by atoms with Gasteiger partial charge < -0.3 is 4.74 Å². The van der Waals surface area contributed by atoms with Crippen LogP contribution in [0.4, 0.5) is 0 Å². The predicted octanol–water partition coefficient (Wildman–Crippen LogP) is 7.80. The van der Waals surface area contributed by atoms with Gasteiger partial charge in [-0.3, -0.25) is 4.79 Å². The van der Waals surface area contributed by atoms with Crippen LogP contribution in [0.5, 0.6) is 0 Å². The van der Waals surface area contributed by atoms with Gasteiger partial charge in [0.15, 0.2) is 0 Å². The molecule has 1 aromatic heterocycles. The van der Waals surface area contributed by atoms with E-state index in [2.05, 4.69) is 18.7 Å². The molecule has 0 unspecified atom stereocenters. The first kappa shape index (κ1) is 53.1. The van der Waals surface area contributed by atoms with E-state index in [0.717, 1.165) is 103 Å². The molecule has 12 heteroatoms. The third-order valence-electron chi connectivity index (χ3n) is 10.8. The summed E-state index contributed by atoms with van der Waals surface area (Å²) in [6.07, 6.45) is 26.5. The number of nitrogens with zero attached hydrogens (tertiary/aromatic N) is 2. The summed E-state index contributed by atoms with van der Waals surface area (Å²) in [5.41, 5.74) is 1.54. The molecule has 2 heterocycles. The Hall–Kier alpha value is -2.06. The molecule has 0 spiro atoms. The zero-order chi connectivity index (χ0) is 42.9. The van der Waals surface area contributed by atoms with Crippen molar-refractivity contribution in [2.24, 2.45) is 0 Å². The average Bonchev–Trinajstić information content (AvgIpc) is 3.57. The fourth-order valence-corrected chi connectivity index (χ4v) is 12.0. The minimum absolute atomic E-state index is 0.111. The predicted molar refractivity (Wildman–Crippen MR) is 234 cm³/mol. The van der Waals surface area contributed by atoms with Gasteiger partial charge >= 0.3 is 267 Å². The molecule has 2 rings (SSSR count). The Morgan fingerprint density at radius 1 is 0.593 bits per heavy atom. The zero-order valence-corrected chi connectivity index (χ0v) is 40.5. The molecule has 0 aromatic carbocycles. The topological polar surface area (TPSA) is 120 Å². The molecule has 0 aliphatic carbocycles. The van der Waals surface area contributed by atoms with E-state index in [1.165, 1.54) is 75.5 Å². The van der Waals surface area contributed by atoms with Gasteiger partial charge in [-0.05, 0) is 6.42 Å². The van der Waals surface area contributed by atoms with Gasteiger partial charge in [0.25, 0.3) is 0 Å². The maximum atomic E-state index is 13.5. The van der Waals surface area contributed by atoms with Crippen molar-refractivity contribution >= 4 is 38.9 Å². The molecule has 0 saturated carbocycles. The first-order valence-corrected chi connectivity index (χ1v) is 26.4. The van der Waals surface area contributed by atoms with Crippen molar-refractivity contribution in [1.82, 2.24) is 9.80 Å². The van der Waals surface area contributed by atoms with Crippen LogP contribution in [0.25, 0.3) is 0 Å². The van der Waals surface area contributed by atoms with Crippen molar-refractivity contribution in [3.63, 3.8) is 0 Å². The first-order valence-electron chi connectivity index (χ1n) is 23.4. The number of unbranched alkanes of at least 4 members (excludes halogenated alkanes) is 18. The number of ether oxygens (including phenoxy) is 3. The number of amides is 1. The van der Waals surface area contributed by atoms with Gasteiger partial charge in [-0.2, -0.15) is 0 Å². The van der Waals surface area contributed by atoms with E-state index in [1.54, 1.807) is 0 Å².